The van der Waals surface area contributed by atoms with Crippen LogP contribution in [0.5, 0.6) is 0 Å². The molecule has 0 saturated carbocycles. The number of nitrogens with zero attached hydrogens (tertiary/aromatic N) is 2. The predicted octanol–water partition coefficient (Wildman–Crippen LogP) is 1.53. The number of rotatable bonds is 4. The van der Waals surface area contributed by atoms with Crippen LogP contribution in [-0.4, -0.2) is 27.1 Å². The SMILES string of the molecule is N[C@H](Cc1c[nH]c2ccccc12)C(=O)Nc1nncs1. The molecule has 3 aromatic rings. The first kappa shape index (κ1) is 12.8. The van der Waals surface area contributed by atoms with Crippen LogP contribution in [0.3, 0.4) is 0 Å². The van der Waals surface area contributed by atoms with Gasteiger partial charge in [0.05, 0.1) is 6.04 Å². The molecule has 1 aromatic carbocycles. The molecule has 2 heterocycles. The summed E-state index contributed by atoms with van der Waals surface area (Å²) in [6.07, 6.45) is 2.36. The number of aromatic amines is 1. The van der Waals surface area contributed by atoms with Gasteiger partial charge in [-0.25, -0.2) is 0 Å². The molecule has 0 fully saturated rings. The Hall–Kier alpha value is -2.25. The number of carbonyl (C=O) groups is 1. The lowest BCUT2D eigenvalue weighted by Crippen LogP contribution is -2.37. The normalized spacial score (nSPS) is 12.4. The van der Waals surface area contributed by atoms with Crippen LogP contribution in [0.1, 0.15) is 5.56 Å². The molecule has 2 aromatic heterocycles. The highest BCUT2D eigenvalue weighted by Gasteiger charge is 2.17. The maximum absolute atomic E-state index is 12.0. The Kier molecular flexibility index (Phi) is 3.44. The summed E-state index contributed by atoms with van der Waals surface area (Å²) in [6, 6.07) is 7.30. The van der Waals surface area contributed by atoms with Crippen molar-refractivity contribution < 1.29 is 4.79 Å². The van der Waals surface area contributed by atoms with Gasteiger partial charge in [0.15, 0.2) is 0 Å². The van der Waals surface area contributed by atoms with Crippen LogP contribution in [0, 0.1) is 0 Å². The van der Waals surface area contributed by atoms with E-state index in [9.17, 15) is 4.79 Å². The number of hydrogen-bond acceptors (Lipinski definition) is 5. The van der Waals surface area contributed by atoms with Crippen LogP contribution in [-0.2, 0) is 11.2 Å². The van der Waals surface area contributed by atoms with E-state index in [0.29, 0.717) is 11.6 Å². The van der Waals surface area contributed by atoms with Gasteiger partial charge >= 0.3 is 0 Å². The first-order valence-electron chi connectivity index (χ1n) is 6.11. The molecule has 0 radical (unpaired) electrons. The topological polar surface area (TPSA) is 96.7 Å². The van der Waals surface area contributed by atoms with Gasteiger partial charge in [-0.15, -0.1) is 10.2 Å². The monoisotopic (exact) mass is 287 g/mol. The van der Waals surface area contributed by atoms with Gasteiger partial charge in [-0.05, 0) is 18.1 Å². The number of nitrogens with one attached hydrogen (secondary N) is 2. The molecule has 1 amide bonds. The largest absolute Gasteiger partial charge is 0.361 e. The third-order valence-electron chi connectivity index (χ3n) is 3.04. The van der Waals surface area contributed by atoms with E-state index in [0.717, 1.165) is 16.5 Å². The second kappa shape index (κ2) is 5.40. The number of nitrogens with two attached hydrogens (primary N) is 1. The Morgan fingerprint density at radius 1 is 1.45 bits per heavy atom. The standard InChI is InChI=1S/C13H13N5OS/c14-10(12(19)17-13-18-16-7-20-13)5-8-6-15-11-4-2-1-3-9(8)11/h1-4,6-7,10,15H,5,14H2,(H,17,18,19)/t10-/m1/s1. The van der Waals surface area contributed by atoms with Gasteiger partial charge in [-0.1, -0.05) is 29.5 Å². The molecule has 4 N–H and O–H groups in total. The lowest BCUT2D eigenvalue weighted by atomic mass is 10.1. The van der Waals surface area contributed by atoms with E-state index in [1.807, 2.05) is 30.5 Å². The van der Waals surface area contributed by atoms with Crippen molar-refractivity contribution in [2.24, 2.45) is 5.73 Å². The quantitative estimate of drug-likeness (QED) is 0.678. The second-order valence-electron chi connectivity index (χ2n) is 4.40. The number of aromatic nitrogens is 3. The fourth-order valence-electron chi connectivity index (χ4n) is 2.06. The minimum atomic E-state index is -0.627. The second-order valence-corrected chi connectivity index (χ2v) is 5.24. The summed E-state index contributed by atoms with van der Waals surface area (Å²) in [6.45, 7) is 0. The first-order chi connectivity index (χ1) is 9.74. The molecule has 0 bridgehead atoms. The van der Waals surface area contributed by atoms with Crippen molar-refractivity contribution in [3.8, 4) is 0 Å². The molecule has 20 heavy (non-hydrogen) atoms. The summed E-state index contributed by atoms with van der Waals surface area (Å²) in [5, 5.41) is 11.6. The Bertz CT molecular complexity index is 721. The number of H-pyrrole nitrogens is 1. The molecule has 0 saturated heterocycles. The zero-order chi connectivity index (χ0) is 13.9. The third-order valence-corrected chi connectivity index (χ3v) is 3.65. The maximum atomic E-state index is 12.0. The summed E-state index contributed by atoms with van der Waals surface area (Å²) < 4.78 is 0. The van der Waals surface area contributed by atoms with Crippen molar-refractivity contribution in [1.82, 2.24) is 15.2 Å². The molecule has 0 aliphatic carbocycles. The van der Waals surface area contributed by atoms with Crippen LogP contribution in [0.15, 0.2) is 36.0 Å². The van der Waals surface area contributed by atoms with Gasteiger partial charge < -0.3 is 10.7 Å². The lowest BCUT2D eigenvalue weighted by Gasteiger charge is -2.09. The molecule has 6 nitrogen and oxygen atoms in total. The van der Waals surface area contributed by atoms with Gasteiger partial charge in [0.1, 0.15) is 5.51 Å². The van der Waals surface area contributed by atoms with E-state index in [2.05, 4.69) is 20.5 Å². The van der Waals surface area contributed by atoms with Gasteiger partial charge in [-0.3, -0.25) is 10.1 Å². The Morgan fingerprint density at radius 2 is 2.30 bits per heavy atom. The van der Waals surface area contributed by atoms with Crippen molar-refractivity contribution in [3.05, 3.63) is 41.5 Å². The third kappa shape index (κ3) is 2.54. The number of fused-ring (bicyclic) bond motifs is 1. The summed E-state index contributed by atoms with van der Waals surface area (Å²) in [4.78, 5) is 15.1. The zero-order valence-corrected chi connectivity index (χ0v) is 11.4. The number of amides is 1. The van der Waals surface area contributed by atoms with Crippen molar-refractivity contribution in [3.63, 3.8) is 0 Å². The van der Waals surface area contributed by atoms with E-state index >= 15 is 0 Å². The fourth-order valence-corrected chi connectivity index (χ4v) is 2.50. The van der Waals surface area contributed by atoms with Crippen molar-refractivity contribution in [2.75, 3.05) is 5.32 Å². The average Bonchev–Trinajstić information content (AvgIpc) is 3.09. The van der Waals surface area contributed by atoms with E-state index in [1.54, 1.807) is 5.51 Å². The van der Waals surface area contributed by atoms with Gasteiger partial charge in [-0.2, -0.15) is 0 Å². The molecule has 1 atom stereocenters. The number of carbonyl (C=O) groups excluding carboxylic acids is 1. The molecule has 0 aliphatic rings. The molecule has 102 valence electrons. The van der Waals surface area contributed by atoms with Gasteiger partial charge in [0.25, 0.3) is 0 Å². The van der Waals surface area contributed by atoms with Gasteiger partial charge in [0.2, 0.25) is 11.0 Å². The van der Waals surface area contributed by atoms with E-state index in [1.165, 1.54) is 11.3 Å². The number of benzene rings is 1. The van der Waals surface area contributed by atoms with Crippen LogP contribution < -0.4 is 11.1 Å². The van der Waals surface area contributed by atoms with Gasteiger partial charge in [0, 0.05) is 17.1 Å². The highest BCUT2D eigenvalue weighted by molar-refractivity contribution is 7.13. The molecule has 0 aliphatic heterocycles. The Labute approximate surface area is 119 Å². The molecule has 7 heteroatoms. The lowest BCUT2D eigenvalue weighted by molar-refractivity contribution is -0.117. The maximum Gasteiger partial charge on any atom is 0.243 e. The van der Waals surface area contributed by atoms with E-state index < -0.39 is 6.04 Å². The number of hydrogen-bond donors (Lipinski definition) is 3. The zero-order valence-electron chi connectivity index (χ0n) is 10.5. The van der Waals surface area contributed by atoms with Crippen molar-refractivity contribution >= 4 is 33.3 Å². The molecule has 3 rings (SSSR count). The fraction of sp³-hybridized carbons (Fsp3) is 0.154. The minimum Gasteiger partial charge on any atom is -0.361 e. The van der Waals surface area contributed by atoms with Crippen molar-refractivity contribution in [1.29, 1.82) is 0 Å². The van der Waals surface area contributed by atoms with Crippen LogP contribution in [0.4, 0.5) is 5.13 Å². The smallest absolute Gasteiger partial charge is 0.243 e. The van der Waals surface area contributed by atoms with E-state index in [-0.39, 0.29) is 5.91 Å². The molecule has 0 unspecified atom stereocenters. The summed E-state index contributed by atoms with van der Waals surface area (Å²) in [5.74, 6) is -0.257. The average molecular weight is 287 g/mol. The number of anilines is 1. The van der Waals surface area contributed by atoms with Crippen LogP contribution in [0.25, 0.3) is 10.9 Å². The molecular weight excluding hydrogens is 274 g/mol. The Balaban J connectivity index is 1.72. The minimum absolute atomic E-state index is 0.257. The highest BCUT2D eigenvalue weighted by Crippen LogP contribution is 2.19. The van der Waals surface area contributed by atoms with E-state index in [4.69, 9.17) is 5.73 Å². The molecular formula is C13H13N5OS. The molecule has 0 spiro atoms. The summed E-state index contributed by atoms with van der Waals surface area (Å²) in [5.41, 5.74) is 9.57. The first-order valence-corrected chi connectivity index (χ1v) is 6.99. The number of para-hydroxylation sites is 1. The Morgan fingerprint density at radius 3 is 3.10 bits per heavy atom. The summed E-state index contributed by atoms with van der Waals surface area (Å²) >= 11 is 1.26. The van der Waals surface area contributed by atoms with Crippen molar-refractivity contribution in [2.45, 2.75) is 12.5 Å². The van der Waals surface area contributed by atoms with Crippen LogP contribution >= 0.6 is 11.3 Å². The highest BCUT2D eigenvalue weighted by atomic mass is 32.1. The predicted molar refractivity (Wildman–Crippen MR) is 78.5 cm³/mol. The van der Waals surface area contributed by atoms with Crippen LogP contribution in [0.2, 0.25) is 0 Å². The summed E-state index contributed by atoms with van der Waals surface area (Å²) in [7, 11) is 0.